The first kappa shape index (κ1) is 16.4. The van der Waals surface area contributed by atoms with Crippen LogP contribution in [0.25, 0.3) is 0 Å². The van der Waals surface area contributed by atoms with Crippen molar-refractivity contribution in [1.82, 2.24) is 30.4 Å². The third kappa shape index (κ3) is 4.25. The summed E-state index contributed by atoms with van der Waals surface area (Å²) in [6.07, 6.45) is 2.72. The van der Waals surface area contributed by atoms with E-state index in [0.717, 1.165) is 0 Å². The number of rotatable bonds is 6. The van der Waals surface area contributed by atoms with Crippen LogP contribution in [0.5, 0.6) is 0 Å². The summed E-state index contributed by atoms with van der Waals surface area (Å²) >= 11 is 0. The van der Waals surface area contributed by atoms with E-state index in [0.29, 0.717) is 44.3 Å². The van der Waals surface area contributed by atoms with Crippen molar-refractivity contribution in [3.8, 4) is 0 Å². The van der Waals surface area contributed by atoms with Gasteiger partial charge in [0.15, 0.2) is 0 Å². The maximum Gasteiger partial charge on any atom is 0.222 e. The summed E-state index contributed by atoms with van der Waals surface area (Å²) in [5.41, 5.74) is 0. The minimum atomic E-state index is -0.0383. The Hall–Kier alpha value is -1.99. The molecule has 1 aromatic heterocycles. The van der Waals surface area contributed by atoms with Crippen LogP contribution in [-0.2, 0) is 16.1 Å². The molecule has 2 atom stereocenters. The zero-order valence-corrected chi connectivity index (χ0v) is 13.4. The highest BCUT2D eigenvalue weighted by Crippen LogP contribution is 2.25. The molecular formula is C14H24N6O2. The van der Waals surface area contributed by atoms with E-state index < -0.39 is 0 Å². The smallest absolute Gasteiger partial charge is 0.222 e. The van der Waals surface area contributed by atoms with Gasteiger partial charge >= 0.3 is 0 Å². The summed E-state index contributed by atoms with van der Waals surface area (Å²) in [7, 11) is 0. The van der Waals surface area contributed by atoms with Gasteiger partial charge in [-0.25, -0.2) is 4.68 Å². The highest BCUT2D eigenvalue weighted by Gasteiger charge is 2.36. The number of aromatic nitrogens is 4. The van der Waals surface area contributed by atoms with Gasteiger partial charge in [-0.3, -0.25) is 9.59 Å². The predicted octanol–water partition coefficient (Wildman–Crippen LogP) is 0.0724. The number of likely N-dealkylation sites (tertiary alicyclic amines) is 1. The van der Waals surface area contributed by atoms with E-state index in [1.165, 1.54) is 6.92 Å². The largest absolute Gasteiger partial charge is 0.351 e. The van der Waals surface area contributed by atoms with E-state index in [1.54, 1.807) is 11.0 Å². The molecule has 2 heterocycles. The molecule has 8 heteroatoms. The maximum atomic E-state index is 12.3. The Kier molecular flexibility index (Phi) is 5.46. The Labute approximate surface area is 130 Å². The van der Waals surface area contributed by atoms with Crippen LogP contribution in [0.15, 0.2) is 6.33 Å². The zero-order valence-electron chi connectivity index (χ0n) is 13.4. The summed E-state index contributed by atoms with van der Waals surface area (Å²) in [4.78, 5) is 25.5. The van der Waals surface area contributed by atoms with Gasteiger partial charge in [0, 0.05) is 38.9 Å². The van der Waals surface area contributed by atoms with E-state index in [2.05, 4.69) is 34.7 Å². The van der Waals surface area contributed by atoms with E-state index in [-0.39, 0.29) is 17.9 Å². The molecule has 1 fully saturated rings. The van der Waals surface area contributed by atoms with Crippen molar-refractivity contribution in [3.05, 3.63) is 6.33 Å². The zero-order chi connectivity index (χ0) is 16.1. The summed E-state index contributed by atoms with van der Waals surface area (Å²) in [5, 5.41) is 13.9. The molecule has 22 heavy (non-hydrogen) atoms. The molecule has 1 N–H and O–H groups in total. The fourth-order valence-corrected chi connectivity index (χ4v) is 2.96. The van der Waals surface area contributed by atoms with Gasteiger partial charge < -0.3 is 10.2 Å². The lowest BCUT2D eigenvalue weighted by molar-refractivity contribution is -0.130. The minimum Gasteiger partial charge on any atom is -0.351 e. The average molecular weight is 308 g/mol. The molecule has 1 aliphatic rings. The van der Waals surface area contributed by atoms with Crippen LogP contribution >= 0.6 is 0 Å². The van der Waals surface area contributed by atoms with Gasteiger partial charge in [-0.05, 0) is 22.8 Å². The number of carbonyl (C=O) groups excluding carboxylic acids is 2. The second-order valence-corrected chi connectivity index (χ2v) is 6.19. The third-order valence-corrected chi connectivity index (χ3v) is 4.13. The van der Waals surface area contributed by atoms with Crippen LogP contribution in [-0.4, -0.2) is 56.1 Å². The molecule has 0 aromatic carbocycles. The third-order valence-electron chi connectivity index (χ3n) is 4.13. The van der Waals surface area contributed by atoms with Crippen LogP contribution in [0, 0.1) is 11.8 Å². The Morgan fingerprint density at radius 2 is 2.14 bits per heavy atom. The number of hydrogen-bond acceptors (Lipinski definition) is 5. The number of hydrogen-bond donors (Lipinski definition) is 1. The Bertz CT molecular complexity index is 501. The Morgan fingerprint density at radius 1 is 1.36 bits per heavy atom. The van der Waals surface area contributed by atoms with E-state index >= 15 is 0 Å². The van der Waals surface area contributed by atoms with Gasteiger partial charge in [0.1, 0.15) is 6.33 Å². The van der Waals surface area contributed by atoms with Gasteiger partial charge in [0.2, 0.25) is 11.8 Å². The molecule has 0 radical (unpaired) electrons. The van der Waals surface area contributed by atoms with Crippen molar-refractivity contribution >= 4 is 11.8 Å². The first-order valence-electron chi connectivity index (χ1n) is 7.73. The second-order valence-electron chi connectivity index (χ2n) is 6.19. The lowest BCUT2D eigenvalue weighted by Crippen LogP contribution is -2.41. The summed E-state index contributed by atoms with van der Waals surface area (Å²) in [6, 6.07) is 0.0564. The fraction of sp³-hybridized carbons (Fsp3) is 0.786. The summed E-state index contributed by atoms with van der Waals surface area (Å²) in [6.45, 7) is 7.73. The van der Waals surface area contributed by atoms with E-state index in [9.17, 15) is 9.59 Å². The highest BCUT2D eigenvalue weighted by atomic mass is 16.2. The molecule has 0 unspecified atom stereocenters. The van der Waals surface area contributed by atoms with Gasteiger partial charge in [0.25, 0.3) is 0 Å². The van der Waals surface area contributed by atoms with Crippen molar-refractivity contribution < 1.29 is 9.59 Å². The number of carbonyl (C=O) groups is 2. The van der Waals surface area contributed by atoms with E-state index in [4.69, 9.17) is 0 Å². The number of nitrogens with one attached hydrogen (secondary N) is 1. The molecule has 8 nitrogen and oxygen atoms in total. The normalized spacial score (nSPS) is 21.4. The average Bonchev–Trinajstić information content (AvgIpc) is 3.07. The van der Waals surface area contributed by atoms with Gasteiger partial charge in [-0.15, -0.1) is 5.10 Å². The highest BCUT2D eigenvalue weighted by molar-refractivity contribution is 5.77. The lowest BCUT2D eigenvalue weighted by Gasteiger charge is -2.21. The molecule has 2 rings (SSSR count). The number of aryl methyl sites for hydroxylation is 1. The van der Waals surface area contributed by atoms with Gasteiger partial charge in [-0.1, -0.05) is 13.8 Å². The monoisotopic (exact) mass is 308 g/mol. The van der Waals surface area contributed by atoms with Crippen molar-refractivity contribution in [1.29, 1.82) is 0 Å². The molecule has 1 saturated heterocycles. The lowest BCUT2D eigenvalue weighted by atomic mass is 9.91. The summed E-state index contributed by atoms with van der Waals surface area (Å²) in [5.74, 6) is 0.832. The quantitative estimate of drug-likeness (QED) is 0.803. The number of tetrazole rings is 1. The van der Waals surface area contributed by atoms with Crippen molar-refractivity contribution in [2.45, 2.75) is 46.2 Å². The van der Waals surface area contributed by atoms with Crippen molar-refractivity contribution in [2.75, 3.05) is 13.1 Å². The van der Waals surface area contributed by atoms with Crippen LogP contribution < -0.4 is 5.32 Å². The van der Waals surface area contributed by atoms with Crippen LogP contribution in [0.2, 0.25) is 0 Å². The second kappa shape index (κ2) is 7.33. The standard InChI is InChI=1S/C14H24N6O2/c1-10(2)12-7-19(8-13(12)16-11(3)21)14(22)5-4-6-20-9-15-17-18-20/h9-10,12-13H,4-8H2,1-3H3,(H,16,21)/t12-,13+/m0/s1. The maximum absolute atomic E-state index is 12.3. The van der Waals surface area contributed by atoms with Crippen LogP contribution in [0.3, 0.4) is 0 Å². The number of amides is 2. The van der Waals surface area contributed by atoms with Crippen LogP contribution in [0.4, 0.5) is 0 Å². The Morgan fingerprint density at radius 3 is 2.73 bits per heavy atom. The minimum absolute atomic E-state index is 0.0383. The molecule has 0 spiro atoms. The van der Waals surface area contributed by atoms with Crippen molar-refractivity contribution in [2.24, 2.45) is 11.8 Å². The molecular weight excluding hydrogens is 284 g/mol. The van der Waals surface area contributed by atoms with Crippen molar-refractivity contribution in [3.63, 3.8) is 0 Å². The SMILES string of the molecule is CC(=O)N[C@@H]1CN(C(=O)CCCn2cnnn2)C[C@H]1C(C)C. The number of nitrogens with zero attached hydrogens (tertiary/aromatic N) is 5. The summed E-state index contributed by atoms with van der Waals surface area (Å²) < 4.78 is 1.62. The Balaban J connectivity index is 1.83. The topological polar surface area (TPSA) is 93.0 Å². The fourth-order valence-electron chi connectivity index (χ4n) is 2.96. The molecule has 0 saturated carbocycles. The van der Waals surface area contributed by atoms with Gasteiger partial charge in [0.05, 0.1) is 6.04 Å². The predicted molar refractivity (Wildman–Crippen MR) is 79.6 cm³/mol. The molecule has 122 valence electrons. The first-order valence-corrected chi connectivity index (χ1v) is 7.73. The molecule has 2 amide bonds. The molecule has 1 aliphatic heterocycles. The van der Waals surface area contributed by atoms with E-state index in [1.807, 2.05) is 4.90 Å². The molecule has 0 aliphatic carbocycles. The molecule has 1 aromatic rings. The van der Waals surface area contributed by atoms with Gasteiger partial charge in [-0.2, -0.15) is 0 Å². The first-order chi connectivity index (χ1) is 10.5. The molecule has 0 bridgehead atoms. The van der Waals surface area contributed by atoms with Crippen LogP contribution in [0.1, 0.15) is 33.6 Å².